The standard InChI is InChI=1S/C10H5ClO2/c11-6-1-2-7-5(3-6)4-8-10(13-8)9(7)12/h1-4,12H. The molecule has 0 atom stereocenters. The first-order chi connectivity index (χ1) is 6.25. The van der Waals surface area contributed by atoms with Crippen molar-refractivity contribution < 1.29 is 9.84 Å². The molecule has 0 aromatic heterocycles. The van der Waals surface area contributed by atoms with Gasteiger partial charge in [-0.15, -0.1) is 0 Å². The second kappa shape index (κ2) is 2.09. The van der Waals surface area contributed by atoms with Crippen LogP contribution in [0.15, 0.2) is 24.3 Å². The molecule has 0 saturated carbocycles. The maximum Gasteiger partial charge on any atom is 0.212 e. The highest BCUT2D eigenvalue weighted by molar-refractivity contribution is 6.31. The summed E-state index contributed by atoms with van der Waals surface area (Å²) in [5, 5.41) is 12.0. The van der Waals surface area contributed by atoms with Gasteiger partial charge in [0.05, 0.1) is 0 Å². The number of hydrogen-bond donors (Lipinski definition) is 1. The van der Waals surface area contributed by atoms with E-state index in [-0.39, 0.29) is 5.75 Å². The summed E-state index contributed by atoms with van der Waals surface area (Å²) in [6.07, 6.45) is 0. The average molecular weight is 193 g/mol. The molecule has 0 radical (unpaired) electrons. The summed E-state index contributed by atoms with van der Waals surface area (Å²) < 4.78 is 5.06. The zero-order valence-corrected chi connectivity index (χ0v) is 7.30. The van der Waals surface area contributed by atoms with Crippen LogP contribution in [0.3, 0.4) is 0 Å². The van der Waals surface area contributed by atoms with E-state index in [1.54, 1.807) is 18.2 Å². The Labute approximate surface area is 79.3 Å². The lowest BCUT2D eigenvalue weighted by atomic mass is 10.1. The van der Waals surface area contributed by atoms with Crippen molar-refractivity contribution in [2.75, 3.05) is 0 Å². The van der Waals surface area contributed by atoms with E-state index in [2.05, 4.69) is 0 Å². The molecule has 2 aromatic rings. The van der Waals surface area contributed by atoms with Crippen LogP contribution in [-0.2, 0) is 0 Å². The van der Waals surface area contributed by atoms with E-state index >= 15 is 0 Å². The van der Waals surface area contributed by atoms with E-state index in [9.17, 15) is 5.11 Å². The topological polar surface area (TPSA) is 32.8 Å². The van der Waals surface area contributed by atoms with E-state index in [0.717, 1.165) is 16.5 Å². The number of benzene rings is 2. The first kappa shape index (κ1) is 7.04. The van der Waals surface area contributed by atoms with Crippen molar-refractivity contribution in [3.63, 3.8) is 0 Å². The van der Waals surface area contributed by atoms with Gasteiger partial charge in [0.25, 0.3) is 0 Å². The molecule has 0 bridgehead atoms. The third-order valence-electron chi connectivity index (χ3n) is 2.16. The van der Waals surface area contributed by atoms with Crippen molar-refractivity contribution in [3.05, 3.63) is 29.3 Å². The van der Waals surface area contributed by atoms with Crippen molar-refractivity contribution in [2.24, 2.45) is 0 Å². The van der Waals surface area contributed by atoms with Gasteiger partial charge in [-0.3, -0.25) is 0 Å². The normalized spacial score (nSPS) is 12.4. The second-order valence-corrected chi connectivity index (χ2v) is 3.46. The van der Waals surface area contributed by atoms with Crippen molar-refractivity contribution in [1.29, 1.82) is 0 Å². The summed E-state index contributed by atoms with van der Waals surface area (Å²) in [6, 6.07) is 7.21. The lowest BCUT2D eigenvalue weighted by Crippen LogP contribution is -1.69. The van der Waals surface area contributed by atoms with Crippen LogP contribution < -0.4 is 4.74 Å². The molecule has 2 nitrogen and oxygen atoms in total. The fraction of sp³-hybridized carbons (Fsp3) is 0. The Bertz CT molecular complexity index is 515. The lowest BCUT2D eigenvalue weighted by molar-refractivity contribution is 0.469. The van der Waals surface area contributed by atoms with Crippen LogP contribution in [0.4, 0.5) is 0 Å². The fourth-order valence-electron chi connectivity index (χ4n) is 1.48. The maximum absolute atomic E-state index is 9.63. The molecule has 0 saturated heterocycles. The van der Waals surface area contributed by atoms with Gasteiger partial charge in [-0.05, 0) is 29.7 Å². The molecule has 3 heteroatoms. The number of halogens is 1. The molecule has 13 heavy (non-hydrogen) atoms. The van der Waals surface area contributed by atoms with E-state index < -0.39 is 0 Å². The first-order valence-electron chi connectivity index (χ1n) is 3.89. The van der Waals surface area contributed by atoms with Crippen LogP contribution >= 0.6 is 11.6 Å². The molecular formula is C10H5ClO2. The monoisotopic (exact) mass is 192 g/mol. The van der Waals surface area contributed by atoms with E-state index in [4.69, 9.17) is 16.3 Å². The Morgan fingerprint density at radius 1 is 1.23 bits per heavy atom. The van der Waals surface area contributed by atoms with E-state index in [1.807, 2.05) is 6.07 Å². The molecule has 1 heterocycles. The summed E-state index contributed by atoms with van der Waals surface area (Å²) in [4.78, 5) is 0. The third kappa shape index (κ3) is 0.892. The minimum absolute atomic E-state index is 0.212. The Kier molecular flexibility index (Phi) is 1.13. The molecule has 0 fully saturated rings. The number of rotatable bonds is 0. The van der Waals surface area contributed by atoms with Gasteiger partial charge < -0.3 is 9.84 Å². The number of aromatic hydroxyl groups is 1. The number of hydrogen-bond acceptors (Lipinski definition) is 2. The highest BCUT2D eigenvalue weighted by Crippen LogP contribution is 2.55. The van der Waals surface area contributed by atoms with Crippen LogP contribution in [-0.4, -0.2) is 5.11 Å². The van der Waals surface area contributed by atoms with Crippen LogP contribution in [0.1, 0.15) is 0 Å². The largest absolute Gasteiger partial charge is 0.504 e. The summed E-state index contributed by atoms with van der Waals surface area (Å²) >= 11 is 5.82. The third-order valence-corrected chi connectivity index (χ3v) is 2.40. The first-order valence-corrected chi connectivity index (χ1v) is 4.26. The molecule has 1 N–H and O–H groups in total. The van der Waals surface area contributed by atoms with Gasteiger partial charge in [-0.2, -0.15) is 0 Å². The summed E-state index contributed by atoms with van der Waals surface area (Å²) in [7, 11) is 0. The molecule has 2 aromatic carbocycles. The zero-order valence-electron chi connectivity index (χ0n) is 6.54. The van der Waals surface area contributed by atoms with Crippen LogP contribution in [0, 0.1) is 0 Å². The smallest absolute Gasteiger partial charge is 0.212 e. The van der Waals surface area contributed by atoms with Crippen molar-refractivity contribution >= 4 is 22.4 Å². The summed E-state index contributed by atoms with van der Waals surface area (Å²) in [5.74, 6) is 1.55. The van der Waals surface area contributed by atoms with Gasteiger partial charge in [0.2, 0.25) is 5.75 Å². The molecule has 1 aliphatic rings. The van der Waals surface area contributed by atoms with Crippen molar-refractivity contribution in [3.8, 4) is 17.2 Å². The lowest BCUT2D eigenvalue weighted by Gasteiger charge is -1.96. The van der Waals surface area contributed by atoms with Crippen LogP contribution in [0.5, 0.6) is 17.2 Å². The molecule has 0 amide bonds. The van der Waals surface area contributed by atoms with Crippen LogP contribution in [0.2, 0.25) is 5.02 Å². The Balaban J connectivity index is 2.48. The number of phenolic OH excluding ortho intramolecular Hbond substituents is 1. The molecule has 64 valence electrons. The molecule has 3 rings (SSSR count). The van der Waals surface area contributed by atoms with Crippen molar-refractivity contribution in [1.82, 2.24) is 0 Å². The van der Waals surface area contributed by atoms with Gasteiger partial charge in [0.15, 0.2) is 11.5 Å². The Morgan fingerprint density at radius 2 is 2.08 bits per heavy atom. The number of fused-ring (bicyclic) bond motifs is 2. The second-order valence-electron chi connectivity index (χ2n) is 3.02. The summed E-state index contributed by atoms with van der Waals surface area (Å²) in [5.41, 5.74) is 0. The van der Waals surface area contributed by atoms with Gasteiger partial charge in [0, 0.05) is 10.4 Å². The Morgan fingerprint density at radius 3 is 2.92 bits per heavy atom. The highest BCUT2D eigenvalue weighted by atomic mass is 35.5. The van der Waals surface area contributed by atoms with E-state index in [0.29, 0.717) is 10.8 Å². The quantitative estimate of drug-likeness (QED) is 0.555. The van der Waals surface area contributed by atoms with Gasteiger partial charge >= 0.3 is 0 Å². The van der Waals surface area contributed by atoms with Crippen molar-refractivity contribution in [2.45, 2.75) is 0 Å². The van der Waals surface area contributed by atoms with Gasteiger partial charge in [0.1, 0.15) is 0 Å². The summed E-state index contributed by atoms with van der Waals surface area (Å²) in [6.45, 7) is 0. The minimum Gasteiger partial charge on any atom is -0.504 e. The minimum atomic E-state index is 0.212. The number of ether oxygens (including phenoxy) is 1. The average Bonchev–Trinajstić information content (AvgIpc) is 2.83. The molecular weight excluding hydrogens is 188 g/mol. The predicted molar refractivity (Wildman–Crippen MR) is 50.7 cm³/mol. The molecule has 0 unspecified atom stereocenters. The molecule has 0 spiro atoms. The van der Waals surface area contributed by atoms with Gasteiger partial charge in [-0.1, -0.05) is 11.6 Å². The molecule has 1 aliphatic heterocycles. The van der Waals surface area contributed by atoms with E-state index in [1.165, 1.54) is 0 Å². The SMILES string of the molecule is Oc1c2c(cc3cc(Cl)ccc13)O2. The zero-order chi connectivity index (χ0) is 9.00. The maximum atomic E-state index is 9.63. The van der Waals surface area contributed by atoms with Gasteiger partial charge in [-0.25, -0.2) is 0 Å². The van der Waals surface area contributed by atoms with Crippen LogP contribution in [0.25, 0.3) is 10.8 Å². The number of phenols is 1. The predicted octanol–water partition coefficient (Wildman–Crippen LogP) is 3.30. The fourth-order valence-corrected chi connectivity index (χ4v) is 1.66. The highest BCUT2D eigenvalue weighted by Gasteiger charge is 2.26. The molecule has 0 aliphatic carbocycles. The Hall–Kier alpha value is -1.41.